The number of rotatable bonds is 4. The summed E-state index contributed by atoms with van der Waals surface area (Å²) in [6, 6.07) is 1.91. The Morgan fingerprint density at radius 2 is 2.00 bits per heavy atom. The first-order valence-corrected chi connectivity index (χ1v) is 8.98. The second-order valence-electron chi connectivity index (χ2n) is 6.94. The smallest absolute Gasteiger partial charge is 0.193 e. The largest absolute Gasteiger partial charge is 0.388 e. The van der Waals surface area contributed by atoms with Crippen molar-refractivity contribution in [3.63, 3.8) is 0 Å². The van der Waals surface area contributed by atoms with Crippen molar-refractivity contribution in [1.29, 1.82) is 0 Å². The molecule has 0 aromatic carbocycles. The van der Waals surface area contributed by atoms with E-state index in [4.69, 9.17) is 4.52 Å². The van der Waals surface area contributed by atoms with Gasteiger partial charge in [0.05, 0.1) is 11.3 Å². The van der Waals surface area contributed by atoms with Gasteiger partial charge in [0.25, 0.3) is 0 Å². The monoisotopic (exact) mass is 463 g/mol. The molecule has 8 heteroatoms. The summed E-state index contributed by atoms with van der Waals surface area (Å²) in [5.41, 5.74) is 0.411. The average Bonchev–Trinajstić information content (AvgIpc) is 3.10. The summed E-state index contributed by atoms with van der Waals surface area (Å²) >= 11 is 0. The van der Waals surface area contributed by atoms with Gasteiger partial charge in [0.15, 0.2) is 5.96 Å². The summed E-state index contributed by atoms with van der Waals surface area (Å²) < 4.78 is 4.89. The first kappa shape index (κ1) is 20.4. The van der Waals surface area contributed by atoms with E-state index in [0.29, 0.717) is 6.54 Å². The van der Waals surface area contributed by atoms with Crippen LogP contribution in [-0.2, 0) is 6.54 Å². The van der Waals surface area contributed by atoms with Gasteiger partial charge in [0.2, 0.25) is 0 Å². The molecule has 1 aromatic rings. The molecule has 2 aliphatic rings. The van der Waals surface area contributed by atoms with Crippen molar-refractivity contribution < 1.29 is 9.63 Å². The van der Waals surface area contributed by atoms with Crippen molar-refractivity contribution in [2.24, 2.45) is 4.99 Å². The number of aliphatic imine (C=N–C) groups is 1. The number of nitrogens with zero attached hydrogens (tertiary/aromatic N) is 4. The molecule has 0 radical (unpaired) electrons. The zero-order valence-electron chi connectivity index (χ0n) is 15.0. The van der Waals surface area contributed by atoms with Gasteiger partial charge in [-0.25, -0.2) is 0 Å². The average molecular weight is 463 g/mol. The molecular weight excluding hydrogens is 433 g/mol. The van der Waals surface area contributed by atoms with Gasteiger partial charge in [-0.15, -0.1) is 24.0 Å². The van der Waals surface area contributed by atoms with Crippen LogP contribution in [0.1, 0.15) is 37.8 Å². The second-order valence-corrected chi connectivity index (χ2v) is 6.94. The third kappa shape index (κ3) is 5.82. The van der Waals surface area contributed by atoms with Crippen LogP contribution >= 0.6 is 24.0 Å². The van der Waals surface area contributed by atoms with E-state index in [1.165, 1.54) is 6.42 Å². The van der Waals surface area contributed by atoms with E-state index < -0.39 is 5.60 Å². The highest BCUT2D eigenvalue weighted by atomic mass is 127. The highest BCUT2D eigenvalue weighted by Crippen LogP contribution is 2.27. The third-order valence-electron chi connectivity index (χ3n) is 5.12. The lowest BCUT2D eigenvalue weighted by Gasteiger charge is -2.38. The lowest BCUT2D eigenvalue weighted by atomic mass is 9.85. The van der Waals surface area contributed by atoms with Gasteiger partial charge < -0.3 is 19.8 Å². The first-order valence-electron chi connectivity index (χ1n) is 8.98. The minimum Gasteiger partial charge on any atom is -0.388 e. The summed E-state index contributed by atoms with van der Waals surface area (Å²) in [6.07, 6.45) is 6.89. The van der Waals surface area contributed by atoms with Crippen molar-refractivity contribution >= 4 is 29.9 Å². The van der Waals surface area contributed by atoms with Gasteiger partial charge in [-0.2, -0.15) is 0 Å². The summed E-state index contributed by atoms with van der Waals surface area (Å²) in [5, 5.41) is 18.0. The Hall–Kier alpha value is -0.870. The number of halogens is 1. The zero-order chi connectivity index (χ0) is 16.8. The molecule has 2 fully saturated rings. The number of aliphatic hydroxyl groups is 1. The Morgan fingerprint density at radius 3 is 2.60 bits per heavy atom. The van der Waals surface area contributed by atoms with Crippen molar-refractivity contribution in [2.45, 2.75) is 44.2 Å². The second kappa shape index (κ2) is 9.72. The van der Waals surface area contributed by atoms with Gasteiger partial charge in [0, 0.05) is 52.4 Å². The fraction of sp³-hybridized carbons (Fsp3) is 0.765. The number of piperazine rings is 1. The molecule has 0 bridgehead atoms. The van der Waals surface area contributed by atoms with E-state index in [9.17, 15) is 5.11 Å². The molecule has 1 saturated carbocycles. The van der Waals surface area contributed by atoms with E-state index in [1.54, 1.807) is 6.26 Å². The molecule has 0 amide bonds. The SMILES string of the molecule is CN=C(NCC1(O)CCCCC1)N1CCN(Cc2ccon2)CC1.I. The molecule has 7 nitrogen and oxygen atoms in total. The minimum absolute atomic E-state index is 0. The van der Waals surface area contributed by atoms with E-state index in [-0.39, 0.29) is 24.0 Å². The van der Waals surface area contributed by atoms with Crippen LogP contribution in [0.3, 0.4) is 0 Å². The number of nitrogens with one attached hydrogen (secondary N) is 1. The molecule has 0 unspecified atom stereocenters. The molecule has 1 saturated heterocycles. The lowest BCUT2D eigenvalue weighted by Crippen LogP contribution is -2.54. The minimum atomic E-state index is -0.567. The fourth-order valence-corrected chi connectivity index (χ4v) is 3.63. The van der Waals surface area contributed by atoms with Crippen LogP contribution < -0.4 is 5.32 Å². The topological polar surface area (TPSA) is 77.1 Å². The molecule has 0 atom stereocenters. The molecule has 25 heavy (non-hydrogen) atoms. The molecule has 1 aliphatic carbocycles. The van der Waals surface area contributed by atoms with Gasteiger partial charge in [-0.3, -0.25) is 9.89 Å². The van der Waals surface area contributed by atoms with Gasteiger partial charge in [0.1, 0.15) is 6.26 Å². The zero-order valence-corrected chi connectivity index (χ0v) is 17.3. The molecule has 2 heterocycles. The van der Waals surface area contributed by atoms with Gasteiger partial charge >= 0.3 is 0 Å². The maximum absolute atomic E-state index is 10.6. The molecule has 3 rings (SSSR count). The van der Waals surface area contributed by atoms with E-state index in [0.717, 1.165) is 70.1 Å². The quantitative estimate of drug-likeness (QED) is 0.402. The van der Waals surface area contributed by atoms with Crippen LogP contribution in [0.2, 0.25) is 0 Å². The fourth-order valence-electron chi connectivity index (χ4n) is 3.63. The van der Waals surface area contributed by atoms with E-state index >= 15 is 0 Å². The summed E-state index contributed by atoms with van der Waals surface area (Å²) in [6.45, 7) is 5.22. The van der Waals surface area contributed by atoms with E-state index in [1.807, 2.05) is 13.1 Å². The number of hydrogen-bond donors (Lipinski definition) is 2. The number of hydrogen-bond acceptors (Lipinski definition) is 5. The van der Waals surface area contributed by atoms with Crippen molar-refractivity contribution in [2.75, 3.05) is 39.8 Å². The standard InChI is InChI=1S/C17H29N5O2.HI/c1-18-16(19-14-17(23)6-3-2-4-7-17)22-10-8-21(9-11-22)13-15-5-12-24-20-15;/h5,12,23H,2-4,6-11,13-14H2,1H3,(H,18,19);1H. The predicted octanol–water partition coefficient (Wildman–Crippen LogP) is 1.68. The summed E-state index contributed by atoms with van der Waals surface area (Å²) in [4.78, 5) is 9.04. The summed E-state index contributed by atoms with van der Waals surface area (Å²) in [5.74, 6) is 0.898. The molecule has 1 aromatic heterocycles. The molecule has 142 valence electrons. The molecule has 1 aliphatic heterocycles. The predicted molar refractivity (Wildman–Crippen MR) is 108 cm³/mol. The van der Waals surface area contributed by atoms with Crippen molar-refractivity contribution in [3.8, 4) is 0 Å². The van der Waals surface area contributed by atoms with Crippen molar-refractivity contribution in [1.82, 2.24) is 20.3 Å². The third-order valence-corrected chi connectivity index (χ3v) is 5.12. The van der Waals surface area contributed by atoms with Crippen LogP contribution in [0.25, 0.3) is 0 Å². The van der Waals surface area contributed by atoms with Gasteiger partial charge in [-0.05, 0) is 12.8 Å². The first-order chi connectivity index (χ1) is 11.7. The van der Waals surface area contributed by atoms with E-state index in [2.05, 4.69) is 25.3 Å². The number of guanidine groups is 1. The van der Waals surface area contributed by atoms with Crippen LogP contribution in [-0.4, -0.2) is 71.4 Å². The normalized spacial score (nSPS) is 21.7. The Bertz CT molecular complexity index is 523. The van der Waals surface area contributed by atoms with Crippen LogP contribution in [0.4, 0.5) is 0 Å². The highest BCUT2D eigenvalue weighted by molar-refractivity contribution is 14.0. The Labute approximate surface area is 166 Å². The molecule has 0 spiro atoms. The Morgan fingerprint density at radius 1 is 1.28 bits per heavy atom. The van der Waals surface area contributed by atoms with Crippen LogP contribution in [0.15, 0.2) is 21.8 Å². The lowest BCUT2D eigenvalue weighted by molar-refractivity contribution is 0.00790. The summed E-state index contributed by atoms with van der Waals surface area (Å²) in [7, 11) is 1.81. The number of aromatic nitrogens is 1. The molecule has 2 N–H and O–H groups in total. The highest BCUT2D eigenvalue weighted by Gasteiger charge is 2.30. The molecular formula is C17H30IN5O2. The Balaban J connectivity index is 0.00000225. The maximum atomic E-state index is 10.6. The van der Waals surface area contributed by atoms with Crippen molar-refractivity contribution in [3.05, 3.63) is 18.0 Å². The van der Waals surface area contributed by atoms with Gasteiger partial charge in [-0.1, -0.05) is 24.4 Å². The maximum Gasteiger partial charge on any atom is 0.193 e. The van der Waals surface area contributed by atoms with Crippen LogP contribution in [0.5, 0.6) is 0 Å². The van der Waals surface area contributed by atoms with Crippen LogP contribution in [0, 0.1) is 0 Å². The Kier molecular flexibility index (Phi) is 7.95.